The molecule has 0 N–H and O–H groups in total. The van der Waals surface area contributed by atoms with Gasteiger partial charge in [-0.3, -0.25) is 0 Å². The van der Waals surface area contributed by atoms with E-state index in [-0.39, 0.29) is 11.1 Å². The lowest BCUT2D eigenvalue weighted by molar-refractivity contribution is -0.133. The Morgan fingerprint density at radius 1 is 0.618 bits per heavy atom. The quantitative estimate of drug-likeness (QED) is 0.226. The maximum absolute atomic E-state index is 12.6. The summed E-state index contributed by atoms with van der Waals surface area (Å²) in [6.45, 7) is 4.00. The van der Waals surface area contributed by atoms with Crippen LogP contribution < -0.4 is 0 Å². The first-order valence-electron chi connectivity index (χ1n) is 10.1. The highest BCUT2D eigenvalue weighted by atomic mass is 32.1. The van der Waals surface area contributed by atoms with Gasteiger partial charge in [0.2, 0.25) is 0 Å². The summed E-state index contributed by atoms with van der Waals surface area (Å²) < 4.78 is 10.9. The molecule has 0 aromatic carbocycles. The SMILES string of the molecule is Cc1ccc(C2=C/C(=C3/C=C(c4ccc(-c5cnc(-c6ncc(C)s6)s5)s4)OC3=O)C(=O)O2)s1. The number of nitrogens with zero attached hydrogens (tertiary/aromatic N) is 2. The van der Waals surface area contributed by atoms with E-state index in [2.05, 4.69) is 9.97 Å². The fourth-order valence-electron chi connectivity index (χ4n) is 3.48. The van der Waals surface area contributed by atoms with Crippen molar-refractivity contribution in [2.24, 2.45) is 0 Å². The first-order valence-corrected chi connectivity index (χ1v) is 13.4. The molecule has 0 aliphatic carbocycles. The zero-order chi connectivity index (χ0) is 23.4. The van der Waals surface area contributed by atoms with Crippen molar-refractivity contribution >= 4 is 68.8 Å². The van der Waals surface area contributed by atoms with Gasteiger partial charge in [0.25, 0.3) is 0 Å². The number of aryl methyl sites for hydroxylation is 2. The largest absolute Gasteiger partial charge is 0.421 e. The van der Waals surface area contributed by atoms with Crippen molar-refractivity contribution in [3.05, 3.63) is 79.5 Å². The molecule has 0 spiro atoms. The van der Waals surface area contributed by atoms with Crippen LogP contribution in [0.1, 0.15) is 19.5 Å². The zero-order valence-electron chi connectivity index (χ0n) is 17.8. The molecule has 0 bridgehead atoms. The number of rotatable bonds is 4. The molecule has 6 heterocycles. The van der Waals surface area contributed by atoms with Crippen LogP contribution in [0.2, 0.25) is 0 Å². The number of thiazole rings is 2. The lowest BCUT2D eigenvalue weighted by atomic mass is 10.1. The molecule has 4 aromatic rings. The summed E-state index contributed by atoms with van der Waals surface area (Å²) in [7, 11) is 0. The predicted molar refractivity (Wildman–Crippen MR) is 135 cm³/mol. The molecule has 6 rings (SSSR count). The molecule has 2 aliphatic heterocycles. The summed E-state index contributed by atoms with van der Waals surface area (Å²) >= 11 is 6.21. The summed E-state index contributed by atoms with van der Waals surface area (Å²) in [6, 6.07) is 7.74. The molecule has 0 amide bonds. The van der Waals surface area contributed by atoms with Crippen LogP contribution in [0.3, 0.4) is 0 Å². The molecule has 168 valence electrons. The second-order valence-electron chi connectivity index (χ2n) is 7.50. The van der Waals surface area contributed by atoms with Crippen LogP contribution in [-0.2, 0) is 19.1 Å². The second-order valence-corrected chi connectivity index (χ2v) is 12.1. The van der Waals surface area contributed by atoms with Crippen LogP contribution in [0.5, 0.6) is 0 Å². The fourth-order valence-corrected chi connectivity index (χ4v) is 7.04. The minimum absolute atomic E-state index is 0.206. The third-order valence-corrected chi connectivity index (χ3v) is 9.43. The summed E-state index contributed by atoms with van der Waals surface area (Å²) in [6.07, 6.45) is 6.91. The highest BCUT2D eigenvalue weighted by Gasteiger charge is 2.33. The molecule has 0 saturated heterocycles. The molecule has 0 atom stereocenters. The molecule has 4 aromatic heterocycles. The van der Waals surface area contributed by atoms with Crippen LogP contribution in [0.4, 0.5) is 0 Å². The van der Waals surface area contributed by atoms with Crippen LogP contribution in [0.15, 0.2) is 60.0 Å². The molecule has 2 aliphatic rings. The van der Waals surface area contributed by atoms with E-state index < -0.39 is 11.9 Å². The fraction of sp³-hybridized carbons (Fsp3) is 0.0833. The Kier molecular flexibility index (Phi) is 5.18. The lowest BCUT2D eigenvalue weighted by Gasteiger charge is -1.97. The number of thiophene rings is 2. The van der Waals surface area contributed by atoms with Crippen LogP contribution in [0, 0.1) is 13.8 Å². The molecule has 34 heavy (non-hydrogen) atoms. The van der Waals surface area contributed by atoms with E-state index >= 15 is 0 Å². The van der Waals surface area contributed by atoms with Crippen molar-refractivity contribution in [3.8, 4) is 19.8 Å². The third-order valence-electron chi connectivity index (χ3n) is 5.07. The molecule has 0 fully saturated rings. The van der Waals surface area contributed by atoms with Gasteiger partial charge in [-0.15, -0.1) is 45.3 Å². The average Bonchev–Trinajstić information content (AvgIpc) is 3.61. The number of carbonyl (C=O) groups excluding carboxylic acids is 2. The van der Waals surface area contributed by atoms with E-state index in [0.717, 1.165) is 39.3 Å². The lowest BCUT2D eigenvalue weighted by Crippen LogP contribution is -2.05. The van der Waals surface area contributed by atoms with E-state index in [0.29, 0.717) is 11.5 Å². The number of hydrogen-bond acceptors (Lipinski definition) is 10. The Morgan fingerprint density at radius 2 is 1.21 bits per heavy atom. The minimum atomic E-state index is -0.559. The summed E-state index contributed by atoms with van der Waals surface area (Å²) in [4.78, 5) is 39.9. The topological polar surface area (TPSA) is 78.4 Å². The zero-order valence-corrected chi connectivity index (χ0v) is 21.0. The molecule has 0 unspecified atom stereocenters. The number of esters is 2. The summed E-state index contributed by atoms with van der Waals surface area (Å²) in [5.74, 6) is -0.233. The van der Waals surface area contributed by atoms with Gasteiger partial charge in [-0.05, 0) is 50.3 Å². The molecule has 0 radical (unpaired) electrons. The third kappa shape index (κ3) is 3.78. The molecule has 0 saturated carbocycles. The highest BCUT2D eigenvalue weighted by Crippen LogP contribution is 2.41. The van der Waals surface area contributed by atoms with E-state index in [9.17, 15) is 9.59 Å². The van der Waals surface area contributed by atoms with E-state index in [1.54, 1.807) is 34.8 Å². The Hall–Kier alpha value is -3.18. The van der Waals surface area contributed by atoms with Crippen LogP contribution in [0.25, 0.3) is 31.3 Å². The molecule has 6 nitrogen and oxygen atoms in total. The van der Waals surface area contributed by atoms with Crippen molar-refractivity contribution in [3.63, 3.8) is 0 Å². The number of carbonyl (C=O) groups is 2. The molecular formula is C24H14N2O4S4. The van der Waals surface area contributed by atoms with Gasteiger partial charge in [0.15, 0.2) is 10.0 Å². The van der Waals surface area contributed by atoms with Crippen molar-refractivity contribution < 1.29 is 19.1 Å². The first-order chi connectivity index (χ1) is 16.4. The minimum Gasteiger partial charge on any atom is -0.421 e. The van der Waals surface area contributed by atoms with Gasteiger partial charge >= 0.3 is 11.9 Å². The van der Waals surface area contributed by atoms with E-state index in [1.807, 2.05) is 50.5 Å². The normalized spacial score (nSPS) is 17.7. The van der Waals surface area contributed by atoms with Crippen LogP contribution in [-0.4, -0.2) is 21.9 Å². The average molecular weight is 523 g/mol. The standard InChI is InChI=1S/C24H14N2O4S4/c1-11-3-4-17(31-11)15-7-13(23(27)29-15)14-8-16(30-24(14)28)18-5-6-19(33-18)20-10-26-22(34-20)21-25-9-12(2)32-21/h3-10H,1-2H3/b14-13+. The van der Waals surface area contributed by atoms with Crippen molar-refractivity contribution in [1.29, 1.82) is 0 Å². The van der Waals surface area contributed by atoms with Gasteiger partial charge in [-0.25, -0.2) is 19.6 Å². The Morgan fingerprint density at radius 3 is 1.82 bits per heavy atom. The van der Waals surface area contributed by atoms with Crippen molar-refractivity contribution in [2.75, 3.05) is 0 Å². The van der Waals surface area contributed by atoms with Gasteiger partial charge in [0.05, 0.1) is 25.8 Å². The van der Waals surface area contributed by atoms with Gasteiger partial charge < -0.3 is 9.47 Å². The van der Waals surface area contributed by atoms with Crippen molar-refractivity contribution in [2.45, 2.75) is 13.8 Å². The Balaban J connectivity index is 1.29. The maximum Gasteiger partial charge on any atom is 0.344 e. The monoisotopic (exact) mass is 522 g/mol. The van der Waals surface area contributed by atoms with Gasteiger partial charge in [0, 0.05) is 27.0 Å². The summed E-state index contributed by atoms with van der Waals surface area (Å²) in [5, 5.41) is 1.78. The predicted octanol–water partition coefficient (Wildman–Crippen LogP) is 6.47. The first kappa shape index (κ1) is 21.4. The molecule has 10 heteroatoms. The van der Waals surface area contributed by atoms with Gasteiger partial charge in [-0.2, -0.15) is 0 Å². The second kappa shape index (κ2) is 8.24. The van der Waals surface area contributed by atoms with Gasteiger partial charge in [-0.1, -0.05) is 0 Å². The highest BCUT2D eigenvalue weighted by molar-refractivity contribution is 7.26. The Bertz CT molecular complexity index is 1580. The van der Waals surface area contributed by atoms with E-state index in [1.165, 1.54) is 22.7 Å². The molecular weight excluding hydrogens is 509 g/mol. The summed E-state index contributed by atoms with van der Waals surface area (Å²) in [5.41, 5.74) is 0.418. The van der Waals surface area contributed by atoms with Crippen LogP contribution >= 0.6 is 45.3 Å². The number of aromatic nitrogens is 2. The maximum atomic E-state index is 12.6. The number of hydrogen-bond donors (Lipinski definition) is 0. The van der Waals surface area contributed by atoms with Crippen molar-refractivity contribution in [1.82, 2.24) is 9.97 Å². The van der Waals surface area contributed by atoms with E-state index in [4.69, 9.17) is 9.47 Å². The Labute approximate surface area is 210 Å². The number of ether oxygens (including phenoxy) is 2. The smallest absolute Gasteiger partial charge is 0.344 e. The number of cyclic esters (lactones) is 2. The van der Waals surface area contributed by atoms with Gasteiger partial charge in [0.1, 0.15) is 11.5 Å².